The van der Waals surface area contributed by atoms with Gasteiger partial charge in [-0.1, -0.05) is 69.4 Å². The van der Waals surface area contributed by atoms with Crippen LogP contribution in [0.15, 0.2) is 41.7 Å². The fourth-order valence-electron chi connectivity index (χ4n) is 3.29. The molecule has 0 fully saturated rings. The van der Waals surface area contributed by atoms with Gasteiger partial charge in [0.1, 0.15) is 0 Å². The largest absolute Gasteiger partial charge is 0.503 e. The fraction of sp³-hybridized carbons (Fsp3) is 0.500. The van der Waals surface area contributed by atoms with E-state index in [1.807, 2.05) is 30.3 Å². The summed E-state index contributed by atoms with van der Waals surface area (Å²) < 4.78 is 0. The Kier molecular flexibility index (Phi) is 6.59. The molecule has 1 atom stereocenters. The molecular formula is C20H27NO3. The zero-order valence-electron chi connectivity index (χ0n) is 14.6. The normalized spacial score (nSPS) is 17.7. The number of ketones is 1. The maximum absolute atomic E-state index is 12.4. The van der Waals surface area contributed by atoms with Crippen molar-refractivity contribution < 1.29 is 14.7 Å². The van der Waals surface area contributed by atoms with Crippen LogP contribution in [-0.4, -0.2) is 28.2 Å². The lowest BCUT2D eigenvalue weighted by molar-refractivity contribution is -0.129. The SMILES string of the molecule is CCCCCCCCN1C(=O)C(O)=C(C(C)=O)C1c1ccccc1. The van der Waals surface area contributed by atoms with E-state index in [4.69, 9.17) is 0 Å². The lowest BCUT2D eigenvalue weighted by Gasteiger charge is -2.26. The fourth-order valence-corrected chi connectivity index (χ4v) is 3.29. The lowest BCUT2D eigenvalue weighted by atomic mass is 9.96. The van der Waals surface area contributed by atoms with Gasteiger partial charge in [0.15, 0.2) is 11.5 Å². The van der Waals surface area contributed by atoms with Crippen LogP contribution in [0.2, 0.25) is 0 Å². The second-order valence-electron chi connectivity index (χ2n) is 6.40. The van der Waals surface area contributed by atoms with Crippen LogP contribution in [-0.2, 0) is 9.59 Å². The number of rotatable bonds is 9. The van der Waals surface area contributed by atoms with Gasteiger partial charge in [0.05, 0.1) is 11.6 Å². The zero-order chi connectivity index (χ0) is 17.5. The van der Waals surface area contributed by atoms with Crippen molar-refractivity contribution in [2.24, 2.45) is 0 Å². The van der Waals surface area contributed by atoms with E-state index < -0.39 is 11.9 Å². The molecule has 0 aromatic heterocycles. The van der Waals surface area contributed by atoms with Gasteiger partial charge in [0, 0.05) is 6.54 Å². The molecule has 1 aromatic carbocycles. The van der Waals surface area contributed by atoms with E-state index in [-0.39, 0.29) is 17.1 Å². The Labute approximate surface area is 144 Å². The molecule has 1 amide bonds. The minimum absolute atomic E-state index is 0.220. The molecule has 24 heavy (non-hydrogen) atoms. The van der Waals surface area contributed by atoms with Crippen LogP contribution in [0, 0.1) is 0 Å². The summed E-state index contributed by atoms with van der Waals surface area (Å²) in [6.45, 7) is 4.15. The molecular weight excluding hydrogens is 302 g/mol. The van der Waals surface area contributed by atoms with Crippen molar-refractivity contribution in [1.29, 1.82) is 0 Å². The molecule has 1 aliphatic heterocycles. The van der Waals surface area contributed by atoms with Crippen molar-refractivity contribution in [2.45, 2.75) is 58.4 Å². The summed E-state index contributed by atoms with van der Waals surface area (Å²) >= 11 is 0. The highest BCUT2D eigenvalue weighted by molar-refractivity contribution is 6.08. The third-order valence-electron chi connectivity index (χ3n) is 4.55. The van der Waals surface area contributed by atoms with Gasteiger partial charge in [-0.15, -0.1) is 0 Å². The quantitative estimate of drug-likeness (QED) is 0.686. The van der Waals surface area contributed by atoms with Crippen molar-refractivity contribution in [2.75, 3.05) is 6.54 Å². The minimum atomic E-state index is -0.466. The average Bonchev–Trinajstić information content (AvgIpc) is 2.83. The number of aliphatic hydroxyl groups is 1. The number of amides is 1. The third kappa shape index (κ3) is 4.05. The van der Waals surface area contributed by atoms with Gasteiger partial charge in [-0.25, -0.2) is 0 Å². The number of nitrogens with zero attached hydrogens (tertiary/aromatic N) is 1. The van der Waals surface area contributed by atoms with Crippen molar-refractivity contribution in [3.63, 3.8) is 0 Å². The van der Waals surface area contributed by atoms with Crippen LogP contribution in [0.4, 0.5) is 0 Å². The van der Waals surface area contributed by atoms with Crippen LogP contribution in [0.25, 0.3) is 0 Å². The first-order valence-corrected chi connectivity index (χ1v) is 8.88. The summed E-state index contributed by atoms with van der Waals surface area (Å²) in [5.41, 5.74) is 1.09. The first-order valence-electron chi connectivity index (χ1n) is 8.88. The van der Waals surface area contributed by atoms with E-state index in [1.54, 1.807) is 4.90 Å². The van der Waals surface area contributed by atoms with Gasteiger partial charge in [-0.3, -0.25) is 9.59 Å². The molecule has 1 unspecified atom stereocenters. The molecule has 4 nitrogen and oxygen atoms in total. The van der Waals surface area contributed by atoms with Crippen LogP contribution in [0.5, 0.6) is 0 Å². The number of carbonyl (C=O) groups excluding carboxylic acids is 2. The number of benzene rings is 1. The topological polar surface area (TPSA) is 57.6 Å². The van der Waals surface area contributed by atoms with Gasteiger partial charge in [-0.05, 0) is 18.9 Å². The molecule has 1 aliphatic rings. The first-order chi connectivity index (χ1) is 11.6. The summed E-state index contributed by atoms with van der Waals surface area (Å²) in [6.07, 6.45) is 6.77. The highest BCUT2D eigenvalue weighted by atomic mass is 16.3. The second kappa shape index (κ2) is 8.67. The number of hydrogen-bond donors (Lipinski definition) is 1. The van der Waals surface area contributed by atoms with Gasteiger partial charge < -0.3 is 10.0 Å². The Bertz CT molecular complexity index is 607. The maximum atomic E-state index is 12.4. The molecule has 1 aromatic rings. The smallest absolute Gasteiger partial charge is 0.290 e. The van der Waals surface area contributed by atoms with Gasteiger partial charge in [-0.2, -0.15) is 0 Å². The Morgan fingerprint density at radius 2 is 1.71 bits per heavy atom. The number of unbranched alkanes of at least 4 members (excludes halogenated alkanes) is 5. The van der Waals surface area contributed by atoms with Crippen molar-refractivity contribution in [3.05, 3.63) is 47.2 Å². The summed E-state index contributed by atoms with van der Waals surface area (Å²) in [5.74, 6) is -1.06. The van der Waals surface area contributed by atoms with Crippen LogP contribution in [0.1, 0.15) is 64.0 Å². The van der Waals surface area contributed by atoms with Crippen LogP contribution in [0.3, 0.4) is 0 Å². The summed E-state index contributed by atoms with van der Waals surface area (Å²) in [7, 11) is 0. The van der Waals surface area contributed by atoms with E-state index in [0.29, 0.717) is 6.54 Å². The standard InChI is InChI=1S/C20H27NO3/c1-3-4-5-6-7-11-14-21-18(16-12-9-8-10-13-16)17(15(2)22)19(23)20(21)24/h8-10,12-13,18,23H,3-7,11,14H2,1-2H3. The molecule has 0 saturated heterocycles. The number of Topliss-reactive ketones (excluding diaryl/α,β-unsaturated/α-hetero) is 1. The van der Waals surface area contributed by atoms with E-state index in [9.17, 15) is 14.7 Å². The van der Waals surface area contributed by atoms with Crippen LogP contribution >= 0.6 is 0 Å². The van der Waals surface area contributed by atoms with Gasteiger partial charge in [0.2, 0.25) is 0 Å². The summed E-state index contributed by atoms with van der Waals surface area (Å²) in [5, 5.41) is 10.2. The van der Waals surface area contributed by atoms with Crippen molar-refractivity contribution in [1.82, 2.24) is 4.90 Å². The molecule has 1 heterocycles. The number of hydrogen-bond acceptors (Lipinski definition) is 3. The van der Waals surface area contributed by atoms with Gasteiger partial charge in [0.25, 0.3) is 5.91 Å². The minimum Gasteiger partial charge on any atom is -0.503 e. The molecule has 2 rings (SSSR count). The lowest BCUT2D eigenvalue weighted by Crippen LogP contribution is -2.32. The monoisotopic (exact) mass is 329 g/mol. The highest BCUT2D eigenvalue weighted by Crippen LogP contribution is 2.37. The Morgan fingerprint density at radius 1 is 1.08 bits per heavy atom. The summed E-state index contributed by atoms with van der Waals surface area (Å²) in [4.78, 5) is 26.1. The molecule has 0 spiro atoms. The first kappa shape index (κ1) is 18.2. The van der Waals surface area contributed by atoms with Gasteiger partial charge >= 0.3 is 0 Å². The Hall–Kier alpha value is -2.10. The molecule has 4 heteroatoms. The number of aliphatic hydroxyl groups excluding tert-OH is 1. The van der Waals surface area contributed by atoms with E-state index in [1.165, 1.54) is 26.2 Å². The molecule has 0 aliphatic carbocycles. The second-order valence-corrected chi connectivity index (χ2v) is 6.40. The average molecular weight is 329 g/mol. The molecule has 0 saturated carbocycles. The predicted octanol–water partition coefficient (Wildman–Crippen LogP) is 4.33. The highest BCUT2D eigenvalue weighted by Gasteiger charge is 2.41. The zero-order valence-corrected chi connectivity index (χ0v) is 14.6. The maximum Gasteiger partial charge on any atom is 0.290 e. The van der Waals surface area contributed by atoms with Crippen LogP contribution < -0.4 is 0 Å². The molecule has 0 bridgehead atoms. The molecule has 1 N–H and O–H groups in total. The molecule has 0 radical (unpaired) electrons. The Balaban J connectivity index is 2.11. The van der Waals surface area contributed by atoms with E-state index in [0.717, 1.165) is 24.8 Å². The third-order valence-corrected chi connectivity index (χ3v) is 4.55. The molecule has 130 valence electrons. The predicted molar refractivity (Wildman–Crippen MR) is 94.6 cm³/mol. The Morgan fingerprint density at radius 3 is 2.33 bits per heavy atom. The van der Waals surface area contributed by atoms with E-state index >= 15 is 0 Å². The number of carbonyl (C=O) groups is 2. The van der Waals surface area contributed by atoms with E-state index in [2.05, 4.69) is 6.92 Å². The van der Waals surface area contributed by atoms with Crippen molar-refractivity contribution >= 4 is 11.7 Å². The summed E-state index contributed by atoms with van der Waals surface area (Å²) in [6, 6.07) is 8.99. The van der Waals surface area contributed by atoms with Crippen molar-refractivity contribution in [3.8, 4) is 0 Å².